The molecule has 4 nitrogen and oxygen atoms in total. The van der Waals surface area contributed by atoms with Gasteiger partial charge in [0, 0.05) is 32.7 Å². The average Bonchev–Trinajstić information content (AvgIpc) is 2.53. The Morgan fingerprint density at radius 3 is 2.55 bits per heavy atom. The molecule has 1 aliphatic rings. The summed E-state index contributed by atoms with van der Waals surface area (Å²) in [6.45, 7) is 9.32. The van der Waals surface area contributed by atoms with Gasteiger partial charge in [-0.05, 0) is 19.0 Å². The van der Waals surface area contributed by atoms with E-state index in [4.69, 9.17) is 0 Å². The number of hydrogen-bond donors (Lipinski definition) is 1. The van der Waals surface area contributed by atoms with Crippen molar-refractivity contribution in [3.05, 3.63) is 35.9 Å². The third-order valence-corrected chi connectivity index (χ3v) is 3.97. The topological polar surface area (TPSA) is 35.6 Å². The summed E-state index contributed by atoms with van der Waals surface area (Å²) >= 11 is 0. The molecule has 0 bridgehead atoms. The highest BCUT2D eigenvalue weighted by Gasteiger charge is 2.25. The van der Waals surface area contributed by atoms with E-state index < -0.39 is 0 Å². The number of rotatable bonds is 5. The summed E-state index contributed by atoms with van der Waals surface area (Å²) in [7, 11) is 0. The Hall–Kier alpha value is -1.39. The van der Waals surface area contributed by atoms with Gasteiger partial charge in [0.25, 0.3) is 0 Å². The molecule has 1 aromatic carbocycles. The SMILES string of the molecule is CCN(Cc1ccccc1)C(C)C(=O)N1CCNCC1. The van der Waals surface area contributed by atoms with Crippen LogP contribution in [0.3, 0.4) is 0 Å². The van der Waals surface area contributed by atoms with E-state index in [-0.39, 0.29) is 11.9 Å². The smallest absolute Gasteiger partial charge is 0.239 e. The number of likely N-dealkylation sites (N-methyl/N-ethyl adjacent to an activating group) is 1. The fourth-order valence-corrected chi connectivity index (χ4v) is 2.65. The zero-order valence-electron chi connectivity index (χ0n) is 12.5. The van der Waals surface area contributed by atoms with Gasteiger partial charge in [-0.25, -0.2) is 0 Å². The van der Waals surface area contributed by atoms with Crippen molar-refractivity contribution in [2.24, 2.45) is 0 Å². The van der Waals surface area contributed by atoms with Gasteiger partial charge in [-0.1, -0.05) is 37.3 Å². The first-order valence-corrected chi connectivity index (χ1v) is 7.50. The molecule has 1 unspecified atom stereocenters. The molecule has 2 rings (SSSR count). The van der Waals surface area contributed by atoms with E-state index in [2.05, 4.69) is 29.3 Å². The molecule has 1 saturated heterocycles. The van der Waals surface area contributed by atoms with Gasteiger partial charge in [-0.15, -0.1) is 0 Å². The highest BCUT2D eigenvalue weighted by atomic mass is 16.2. The predicted molar refractivity (Wildman–Crippen MR) is 81.4 cm³/mol. The first-order valence-electron chi connectivity index (χ1n) is 7.50. The molecule has 1 heterocycles. The van der Waals surface area contributed by atoms with E-state index in [0.717, 1.165) is 39.3 Å². The van der Waals surface area contributed by atoms with Crippen LogP contribution in [0.5, 0.6) is 0 Å². The monoisotopic (exact) mass is 275 g/mol. The molecule has 1 aromatic rings. The zero-order valence-corrected chi connectivity index (χ0v) is 12.5. The second kappa shape index (κ2) is 7.41. The van der Waals surface area contributed by atoms with Crippen LogP contribution in [0.4, 0.5) is 0 Å². The molecule has 110 valence electrons. The van der Waals surface area contributed by atoms with Gasteiger partial charge >= 0.3 is 0 Å². The molecule has 0 saturated carbocycles. The number of carbonyl (C=O) groups is 1. The van der Waals surface area contributed by atoms with Gasteiger partial charge in [-0.2, -0.15) is 0 Å². The zero-order chi connectivity index (χ0) is 14.4. The lowest BCUT2D eigenvalue weighted by Crippen LogP contribution is -2.53. The van der Waals surface area contributed by atoms with Crippen LogP contribution in [-0.4, -0.2) is 54.5 Å². The summed E-state index contributed by atoms with van der Waals surface area (Å²) < 4.78 is 0. The molecule has 4 heteroatoms. The summed E-state index contributed by atoms with van der Waals surface area (Å²) in [5, 5.41) is 3.28. The standard InChI is InChI=1S/C16H25N3O/c1-3-18(13-15-7-5-4-6-8-15)14(2)16(20)19-11-9-17-10-12-19/h4-8,14,17H,3,9-13H2,1-2H3. The fraction of sp³-hybridized carbons (Fsp3) is 0.562. The van der Waals surface area contributed by atoms with Crippen molar-refractivity contribution in [2.75, 3.05) is 32.7 Å². The molecule has 1 N–H and O–H groups in total. The minimum absolute atomic E-state index is 0.0571. The molecular formula is C16H25N3O. The van der Waals surface area contributed by atoms with Crippen LogP contribution in [-0.2, 0) is 11.3 Å². The van der Waals surface area contributed by atoms with Crippen molar-refractivity contribution in [1.29, 1.82) is 0 Å². The van der Waals surface area contributed by atoms with Crippen molar-refractivity contribution >= 4 is 5.91 Å². The van der Waals surface area contributed by atoms with Gasteiger partial charge in [-0.3, -0.25) is 9.69 Å². The number of carbonyl (C=O) groups excluding carboxylic acids is 1. The highest BCUT2D eigenvalue weighted by molar-refractivity contribution is 5.81. The van der Waals surface area contributed by atoms with Crippen LogP contribution in [0.15, 0.2) is 30.3 Å². The third-order valence-electron chi connectivity index (χ3n) is 3.97. The van der Waals surface area contributed by atoms with E-state index in [1.807, 2.05) is 30.0 Å². The number of nitrogens with zero attached hydrogens (tertiary/aromatic N) is 2. The first kappa shape index (κ1) is 15.0. The quantitative estimate of drug-likeness (QED) is 0.880. The number of nitrogens with one attached hydrogen (secondary N) is 1. The molecular weight excluding hydrogens is 250 g/mol. The predicted octanol–water partition coefficient (Wildman–Crippen LogP) is 1.33. The Bertz CT molecular complexity index is 415. The molecule has 20 heavy (non-hydrogen) atoms. The summed E-state index contributed by atoms with van der Waals surface area (Å²) in [4.78, 5) is 16.8. The first-order chi connectivity index (χ1) is 9.72. The van der Waals surface area contributed by atoms with Crippen molar-refractivity contribution in [3.8, 4) is 0 Å². The minimum Gasteiger partial charge on any atom is -0.339 e. The van der Waals surface area contributed by atoms with E-state index in [9.17, 15) is 4.79 Å². The molecule has 0 radical (unpaired) electrons. The lowest BCUT2D eigenvalue weighted by atomic mass is 10.1. The maximum Gasteiger partial charge on any atom is 0.239 e. The van der Waals surface area contributed by atoms with Gasteiger partial charge in [0.15, 0.2) is 0 Å². The highest BCUT2D eigenvalue weighted by Crippen LogP contribution is 2.10. The number of hydrogen-bond acceptors (Lipinski definition) is 3. The van der Waals surface area contributed by atoms with E-state index in [1.165, 1.54) is 5.56 Å². The summed E-state index contributed by atoms with van der Waals surface area (Å²) in [6.07, 6.45) is 0. The van der Waals surface area contributed by atoms with E-state index in [1.54, 1.807) is 0 Å². The van der Waals surface area contributed by atoms with Crippen LogP contribution < -0.4 is 5.32 Å². The molecule has 1 amide bonds. The lowest BCUT2D eigenvalue weighted by molar-refractivity contribution is -0.137. The van der Waals surface area contributed by atoms with Crippen LogP contribution >= 0.6 is 0 Å². The van der Waals surface area contributed by atoms with Crippen LogP contribution in [0, 0.1) is 0 Å². The number of piperazine rings is 1. The van der Waals surface area contributed by atoms with Crippen LogP contribution in [0.2, 0.25) is 0 Å². The summed E-state index contributed by atoms with van der Waals surface area (Å²) in [5.41, 5.74) is 1.26. The summed E-state index contributed by atoms with van der Waals surface area (Å²) in [6, 6.07) is 10.3. The van der Waals surface area contributed by atoms with E-state index in [0.29, 0.717) is 0 Å². The van der Waals surface area contributed by atoms with Gasteiger partial charge in [0.1, 0.15) is 0 Å². The summed E-state index contributed by atoms with van der Waals surface area (Å²) in [5.74, 6) is 0.254. The molecule has 0 aliphatic carbocycles. The van der Waals surface area contributed by atoms with Gasteiger partial charge in [0.2, 0.25) is 5.91 Å². The maximum atomic E-state index is 12.5. The Morgan fingerprint density at radius 1 is 1.30 bits per heavy atom. The Morgan fingerprint density at radius 2 is 1.95 bits per heavy atom. The van der Waals surface area contributed by atoms with Gasteiger partial charge in [0.05, 0.1) is 6.04 Å². The van der Waals surface area contributed by atoms with Crippen molar-refractivity contribution < 1.29 is 4.79 Å². The maximum absolute atomic E-state index is 12.5. The fourth-order valence-electron chi connectivity index (χ4n) is 2.65. The second-order valence-electron chi connectivity index (χ2n) is 5.30. The molecule has 1 aliphatic heterocycles. The van der Waals surface area contributed by atoms with Crippen molar-refractivity contribution in [3.63, 3.8) is 0 Å². The Labute approximate surface area is 121 Å². The molecule has 1 fully saturated rings. The normalized spacial score (nSPS) is 17.2. The number of amides is 1. The molecule has 0 aromatic heterocycles. The molecule has 1 atom stereocenters. The third kappa shape index (κ3) is 3.81. The van der Waals surface area contributed by atoms with Crippen LogP contribution in [0.1, 0.15) is 19.4 Å². The largest absolute Gasteiger partial charge is 0.339 e. The second-order valence-corrected chi connectivity index (χ2v) is 5.30. The number of benzene rings is 1. The average molecular weight is 275 g/mol. The molecule has 0 spiro atoms. The van der Waals surface area contributed by atoms with Crippen molar-refractivity contribution in [2.45, 2.75) is 26.4 Å². The Kier molecular flexibility index (Phi) is 5.56. The van der Waals surface area contributed by atoms with Gasteiger partial charge < -0.3 is 10.2 Å². The Balaban J connectivity index is 1.97. The lowest BCUT2D eigenvalue weighted by Gasteiger charge is -2.34. The van der Waals surface area contributed by atoms with E-state index >= 15 is 0 Å². The van der Waals surface area contributed by atoms with Crippen molar-refractivity contribution in [1.82, 2.24) is 15.1 Å². The minimum atomic E-state index is -0.0571. The van der Waals surface area contributed by atoms with Crippen LogP contribution in [0.25, 0.3) is 0 Å².